The minimum atomic E-state index is -2.91. The molecule has 0 amide bonds. The van der Waals surface area contributed by atoms with Crippen LogP contribution in [0.4, 0.5) is 0 Å². The molecular weight excluding hydrogens is 713 g/mol. The molecule has 4 heteroatoms. The van der Waals surface area contributed by atoms with Gasteiger partial charge in [-0.25, -0.2) is 0 Å². The molecule has 2 heterocycles. The van der Waals surface area contributed by atoms with Crippen LogP contribution in [0.15, 0.2) is 243 Å². The van der Waals surface area contributed by atoms with Crippen LogP contribution in [0.5, 0.6) is 0 Å². The van der Waals surface area contributed by atoms with E-state index in [9.17, 15) is 0 Å². The van der Waals surface area contributed by atoms with Gasteiger partial charge in [-0.15, -0.1) is 0 Å². The first-order chi connectivity index (χ1) is 26.8. The van der Waals surface area contributed by atoms with Crippen LogP contribution in [-0.4, -0.2) is 30.4 Å². The Bertz CT molecular complexity index is 2250. The molecule has 2 fully saturated rings. The summed E-state index contributed by atoms with van der Waals surface area (Å²) in [5.74, 6) is 0. The lowest BCUT2D eigenvalue weighted by Gasteiger charge is -2.67. The summed E-state index contributed by atoms with van der Waals surface area (Å²) >= 11 is 0. The summed E-state index contributed by atoms with van der Waals surface area (Å²) in [4.78, 5) is 0. The molecular formula is C50H42Si4. The molecule has 0 aromatic heterocycles. The van der Waals surface area contributed by atoms with Gasteiger partial charge in [0, 0.05) is 0 Å². The molecule has 54 heavy (non-hydrogen) atoms. The normalized spacial score (nSPS) is 17.9. The van der Waals surface area contributed by atoms with Crippen molar-refractivity contribution in [2.75, 3.05) is 0 Å². The first-order valence-electron chi connectivity index (χ1n) is 19.2. The van der Waals surface area contributed by atoms with Crippen LogP contribution in [0.25, 0.3) is 0 Å². The van der Waals surface area contributed by atoms with E-state index in [0.717, 1.165) is 0 Å². The van der Waals surface area contributed by atoms with E-state index in [0.29, 0.717) is 0 Å². The van der Waals surface area contributed by atoms with Crippen LogP contribution < -0.4 is 41.5 Å². The van der Waals surface area contributed by atoms with Crippen LogP contribution in [0.2, 0.25) is 10.3 Å². The van der Waals surface area contributed by atoms with E-state index < -0.39 is 30.4 Å². The van der Waals surface area contributed by atoms with Crippen molar-refractivity contribution in [3.05, 3.63) is 243 Å². The van der Waals surface area contributed by atoms with Gasteiger partial charge in [0.25, 0.3) is 0 Å². The van der Waals surface area contributed by atoms with E-state index in [1.165, 1.54) is 6.04 Å². The van der Waals surface area contributed by atoms with E-state index in [-0.39, 0.29) is 4.28 Å². The molecule has 258 valence electrons. The zero-order valence-electron chi connectivity index (χ0n) is 30.3. The lowest BCUT2D eigenvalue weighted by Crippen LogP contribution is -2.97. The van der Waals surface area contributed by atoms with Crippen molar-refractivity contribution in [2.24, 2.45) is 0 Å². The molecule has 0 N–H and O–H groups in total. The molecule has 1 spiro atoms. The van der Waals surface area contributed by atoms with Crippen LogP contribution in [-0.2, 0) is 0 Å². The molecule has 0 saturated carbocycles. The molecule has 0 bridgehead atoms. The lowest BCUT2D eigenvalue weighted by molar-refractivity contribution is 1.10. The van der Waals surface area contributed by atoms with Gasteiger partial charge in [-0.3, -0.25) is 0 Å². The first-order valence-corrected chi connectivity index (χ1v) is 29.4. The Hall–Kier alpha value is -5.37. The predicted molar refractivity (Wildman–Crippen MR) is 239 cm³/mol. The van der Waals surface area contributed by atoms with Crippen molar-refractivity contribution in [2.45, 2.75) is 10.3 Å². The monoisotopic (exact) mass is 754 g/mol. The highest BCUT2D eigenvalue weighted by Crippen LogP contribution is 2.80. The maximum atomic E-state index is 2.57. The smallest absolute Gasteiger partial charge is 0.0628 e. The van der Waals surface area contributed by atoms with Gasteiger partial charge in [0.1, 0.15) is 30.4 Å². The number of hydrogen-bond donors (Lipinski definition) is 0. The summed E-state index contributed by atoms with van der Waals surface area (Å²) < 4.78 is 0.0546. The molecule has 2 saturated heterocycles. The van der Waals surface area contributed by atoms with Crippen molar-refractivity contribution in [3.63, 3.8) is 0 Å². The zero-order valence-corrected chi connectivity index (χ0v) is 34.3. The Morgan fingerprint density at radius 3 is 0.630 bits per heavy atom. The molecule has 0 nitrogen and oxygen atoms in total. The summed E-state index contributed by atoms with van der Waals surface area (Å²) in [6, 6.07) is 97.1. The topological polar surface area (TPSA) is 0 Å². The third-order valence-corrected chi connectivity index (χ3v) is 59.1. The van der Waals surface area contributed by atoms with E-state index in [2.05, 4.69) is 243 Å². The average molecular weight is 755 g/mol. The fraction of sp³-hybridized carbons (Fsp3) is 0.0400. The zero-order chi connectivity index (χ0) is 36.1. The second kappa shape index (κ2) is 12.9. The van der Waals surface area contributed by atoms with E-state index in [1.54, 1.807) is 41.5 Å². The summed E-state index contributed by atoms with van der Waals surface area (Å²) in [6.07, 6.45) is 0. The maximum Gasteiger partial charge on any atom is 0.123 e. The maximum absolute atomic E-state index is 2.91. The molecule has 8 aromatic rings. The Labute approximate surface area is 323 Å². The van der Waals surface area contributed by atoms with Crippen LogP contribution in [0.1, 0.15) is 0 Å². The Balaban J connectivity index is 1.51. The average Bonchev–Trinajstić information content (AvgIpc) is 3.87. The molecule has 10 rings (SSSR count). The Morgan fingerprint density at radius 2 is 0.407 bits per heavy atom. The van der Waals surface area contributed by atoms with Crippen molar-refractivity contribution >= 4 is 71.9 Å². The Kier molecular flexibility index (Phi) is 7.93. The molecule has 8 aromatic carbocycles. The van der Waals surface area contributed by atoms with E-state index in [1.807, 2.05) is 0 Å². The predicted octanol–water partition coefficient (Wildman–Crippen LogP) is 6.04. The summed E-state index contributed by atoms with van der Waals surface area (Å²) in [5.41, 5.74) is 0. The second-order valence-corrected chi connectivity index (χ2v) is 39.8. The largest absolute Gasteiger partial charge is 0.123 e. The second-order valence-electron chi connectivity index (χ2n) is 15.2. The third kappa shape index (κ3) is 4.01. The third-order valence-electron chi connectivity index (χ3n) is 13.4. The van der Waals surface area contributed by atoms with E-state index >= 15 is 0 Å². The number of hydrogen-bond acceptors (Lipinski definition) is 0. The lowest BCUT2D eigenvalue weighted by atomic mass is 10.4. The van der Waals surface area contributed by atoms with Crippen molar-refractivity contribution in [1.29, 1.82) is 0 Å². The van der Waals surface area contributed by atoms with Crippen LogP contribution in [0, 0.1) is 0 Å². The fourth-order valence-corrected chi connectivity index (χ4v) is 86.1. The highest BCUT2D eigenvalue weighted by atomic mass is 29.4. The highest BCUT2D eigenvalue weighted by Gasteiger charge is 3.03. The molecule has 0 aliphatic carbocycles. The molecule has 2 aliphatic heterocycles. The minimum Gasteiger partial charge on any atom is -0.0628 e. The van der Waals surface area contributed by atoms with Gasteiger partial charge in [-0.05, 0) is 4.28 Å². The van der Waals surface area contributed by atoms with Gasteiger partial charge in [0.2, 0.25) is 0 Å². The van der Waals surface area contributed by atoms with Gasteiger partial charge in [0.15, 0.2) is 0 Å². The molecule has 0 atom stereocenters. The summed E-state index contributed by atoms with van der Waals surface area (Å²) in [5, 5.41) is 12.8. The summed E-state index contributed by atoms with van der Waals surface area (Å²) in [6.45, 7) is 0. The molecule has 0 radical (unpaired) electrons. The van der Waals surface area contributed by atoms with Crippen LogP contribution in [0.3, 0.4) is 0 Å². The van der Waals surface area contributed by atoms with Crippen molar-refractivity contribution < 1.29 is 0 Å². The first kappa shape index (κ1) is 33.2. The molecule has 2 aliphatic rings. The SMILES string of the molecule is c1ccc([Si]2(c3ccccc3)CC3([Si]2(c2ccccc2)c2ccccc2)[Si](c2ccccc2)(c2ccccc2)[Si]3(c2ccccc2)c2ccccc2)cc1. The van der Waals surface area contributed by atoms with Gasteiger partial charge >= 0.3 is 0 Å². The standard InChI is InChI=1S/C50H42Si4/c1-9-25-42(26-10-1)51(43-27-11-2-12-28-43)41-50(52(51,44-29-13-3-14-30-44)45-31-15-4-16-32-45)53(46-33-17-5-18-34-46,47-35-19-6-20-36-47)54(50,48-37-21-7-22-38-48)49-39-23-8-24-40-49/h1-40H,41H2. The number of benzene rings is 8. The summed E-state index contributed by atoms with van der Waals surface area (Å²) in [7, 11) is -11.1. The molecule has 0 unspecified atom stereocenters. The Morgan fingerprint density at radius 1 is 0.222 bits per heavy atom. The van der Waals surface area contributed by atoms with Crippen molar-refractivity contribution in [3.8, 4) is 0 Å². The fourth-order valence-electron chi connectivity index (χ4n) is 12.1. The highest BCUT2D eigenvalue weighted by molar-refractivity contribution is 7.90. The van der Waals surface area contributed by atoms with Crippen LogP contribution >= 0.6 is 0 Å². The van der Waals surface area contributed by atoms with Gasteiger partial charge in [0.05, 0.1) is 0 Å². The van der Waals surface area contributed by atoms with Gasteiger partial charge in [-0.1, -0.05) is 290 Å². The minimum absolute atomic E-state index is 0.0546. The van der Waals surface area contributed by atoms with Gasteiger partial charge < -0.3 is 0 Å². The van der Waals surface area contributed by atoms with Gasteiger partial charge in [-0.2, -0.15) is 0 Å². The number of rotatable bonds is 8. The quantitative estimate of drug-likeness (QED) is 0.166. The van der Waals surface area contributed by atoms with Crippen molar-refractivity contribution in [1.82, 2.24) is 0 Å². The van der Waals surface area contributed by atoms with E-state index in [4.69, 9.17) is 0 Å².